The Morgan fingerprint density at radius 3 is 2.80 bits per heavy atom. The number of anilines is 1. The molecule has 130 valence electrons. The normalized spacial score (nSPS) is 21.1. The summed E-state index contributed by atoms with van der Waals surface area (Å²) in [6, 6.07) is 13.1. The fourth-order valence-corrected chi connectivity index (χ4v) is 3.48. The second-order valence-electron chi connectivity index (χ2n) is 7.17. The van der Waals surface area contributed by atoms with E-state index in [2.05, 4.69) is 64.3 Å². The van der Waals surface area contributed by atoms with E-state index >= 15 is 0 Å². The van der Waals surface area contributed by atoms with Crippen LogP contribution in [0.4, 0.5) is 5.82 Å². The molecule has 4 heteroatoms. The van der Waals surface area contributed by atoms with Gasteiger partial charge in [0.2, 0.25) is 0 Å². The van der Waals surface area contributed by atoms with Crippen LogP contribution in [0.3, 0.4) is 0 Å². The van der Waals surface area contributed by atoms with Crippen LogP contribution in [0.2, 0.25) is 0 Å². The van der Waals surface area contributed by atoms with Crippen molar-refractivity contribution in [2.45, 2.75) is 31.2 Å². The lowest BCUT2D eigenvalue weighted by Gasteiger charge is -2.26. The molecule has 25 heavy (non-hydrogen) atoms. The maximum absolute atomic E-state index is 4.79. The highest BCUT2D eigenvalue weighted by molar-refractivity contribution is 5.48. The fraction of sp³-hybridized carbons (Fsp3) is 0.429. The van der Waals surface area contributed by atoms with Gasteiger partial charge in [-0.1, -0.05) is 42.5 Å². The molecule has 1 atom stereocenters. The summed E-state index contributed by atoms with van der Waals surface area (Å²) < 4.78 is 0. The van der Waals surface area contributed by atoms with Crippen molar-refractivity contribution in [3.8, 4) is 0 Å². The van der Waals surface area contributed by atoms with E-state index in [1.54, 1.807) is 0 Å². The Hall–Kier alpha value is -2.20. The third-order valence-corrected chi connectivity index (χ3v) is 5.23. The number of likely N-dealkylation sites (tertiary alicyclic amines) is 1. The van der Waals surface area contributed by atoms with Crippen LogP contribution < -0.4 is 4.90 Å². The van der Waals surface area contributed by atoms with Crippen LogP contribution in [-0.2, 0) is 0 Å². The van der Waals surface area contributed by atoms with Crippen LogP contribution in [0.5, 0.6) is 0 Å². The molecule has 1 aliphatic carbocycles. The molecule has 4 nitrogen and oxygen atoms in total. The second-order valence-corrected chi connectivity index (χ2v) is 7.17. The third kappa shape index (κ3) is 4.07. The number of nitrogens with zero attached hydrogens (tertiary/aromatic N) is 4. The number of aromatic nitrogens is 2. The van der Waals surface area contributed by atoms with E-state index in [9.17, 15) is 0 Å². The summed E-state index contributed by atoms with van der Waals surface area (Å²) in [5.74, 6) is 2.71. The molecule has 2 fully saturated rings. The summed E-state index contributed by atoms with van der Waals surface area (Å²) in [6.45, 7) is 3.25. The first-order valence-corrected chi connectivity index (χ1v) is 9.29. The summed E-state index contributed by atoms with van der Waals surface area (Å²) >= 11 is 0. The van der Waals surface area contributed by atoms with Crippen molar-refractivity contribution in [1.29, 1.82) is 0 Å². The first-order chi connectivity index (χ1) is 12.3. The van der Waals surface area contributed by atoms with Crippen molar-refractivity contribution < 1.29 is 0 Å². The van der Waals surface area contributed by atoms with Gasteiger partial charge in [-0.3, -0.25) is 4.90 Å². The van der Waals surface area contributed by atoms with Crippen LogP contribution in [-0.4, -0.2) is 47.6 Å². The molecule has 2 aliphatic rings. The number of likely N-dealkylation sites (N-methyl/N-ethyl adjacent to an activating group) is 1. The average Bonchev–Trinajstić information content (AvgIpc) is 3.41. The number of rotatable bonds is 6. The summed E-state index contributed by atoms with van der Waals surface area (Å²) in [5, 5.41) is 0. The molecule has 1 aliphatic heterocycles. The molecule has 0 bridgehead atoms. The molecular weight excluding hydrogens is 308 g/mol. The van der Waals surface area contributed by atoms with Gasteiger partial charge in [0.1, 0.15) is 11.6 Å². The molecule has 0 amide bonds. The van der Waals surface area contributed by atoms with Gasteiger partial charge >= 0.3 is 0 Å². The van der Waals surface area contributed by atoms with Crippen LogP contribution in [0.1, 0.15) is 36.6 Å². The summed E-state index contributed by atoms with van der Waals surface area (Å²) in [7, 11) is 2.17. The topological polar surface area (TPSA) is 32.3 Å². The van der Waals surface area contributed by atoms with E-state index in [0.717, 1.165) is 31.3 Å². The molecule has 2 aromatic rings. The standard InChI is InChI=1S/C21H26N4/c1-24(20-11-13-22-21(23-20)18-9-10-18)19-12-15-25(16-19)14-5-8-17-6-3-2-4-7-17/h2-8,11,13,18-19H,9-10,12,14-16H2,1H3/b8-5+. The smallest absolute Gasteiger partial charge is 0.133 e. The highest BCUT2D eigenvalue weighted by Gasteiger charge is 2.29. The van der Waals surface area contributed by atoms with Crippen molar-refractivity contribution in [3.63, 3.8) is 0 Å². The SMILES string of the molecule is CN(c1ccnc(C2CC2)n1)C1CCN(C/C=C/c2ccccc2)C1. The molecule has 4 rings (SSSR count). The quantitative estimate of drug-likeness (QED) is 0.808. The largest absolute Gasteiger partial charge is 0.355 e. The zero-order valence-electron chi connectivity index (χ0n) is 14.9. The van der Waals surface area contributed by atoms with Gasteiger partial charge in [-0.05, 0) is 30.9 Å². The average molecular weight is 334 g/mol. The minimum atomic E-state index is 0.534. The van der Waals surface area contributed by atoms with Gasteiger partial charge in [-0.2, -0.15) is 0 Å². The van der Waals surface area contributed by atoms with Gasteiger partial charge in [-0.25, -0.2) is 9.97 Å². The van der Waals surface area contributed by atoms with Gasteiger partial charge in [0.25, 0.3) is 0 Å². The maximum Gasteiger partial charge on any atom is 0.133 e. The molecule has 1 aromatic heterocycles. The van der Waals surface area contributed by atoms with Crippen molar-refractivity contribution in [3.05, 3.63) is 60.1 Å². The Balaban J connectivity index is 1.32. The Kier molecular flexibility index (Phi) is 4.79. The van der Waals surface area contributed by atoms with E-state index < -0.39 is 0 Å². The molecule has 1 unspecified atom stereocenters. The molecule has 1 aromatic carbocycles. The molecule has 0 radical (unpaired) electrons. The van der Waals surface area contributed by atoms with Crippen LogP contribution in [0, 0.1) is 0 Å². The van der Waals surface area contributed by atoms with Crippen molar-refractivity contribution in [2.75, 3.05) is 31.6 Å². The lowest BCUT2D eigenvalue weighted by atomic mass is 10.2. The number of hydrogen-bond donors (Lipinski definition) is 0. The fourth-order valence-electron chi connectivity index (χ4n) is 3.48. The predicted molar refractivity (Wildman–Crippen MR) is 103 cm³/mol. The molecular formula is C21H26N4. The number of hydrogen-bond acceptors (Lipinski definition) is 4. The third-order valence-electron chi connectivity index (χ3n) is 5.23. The summed E-state index contributed by atoms with van der Waals surface area (Å²) in [4.78, 5) is 14.1. The van der Waals surface area contributed by atoms with E-state index in [0.29, 0.717) is 12.0 Å². The molecule has 0 N–H and O–H groups in total. The van der Waals surface area contributed by atoms with Gasteiger partial charge in [0, 0.05) is 44.8 Å². The zero-order valence-corrected chi connectivity index (χ0v) is 14.9. The molecule has 1 saturated carbocycles. The lowest BCUT2D eigenvalue weighted by Crippen LogP contribution is -2.35. The second kappa shape index (κ2) is 7.36. The first kappa shape index (κ1) is 16.3. The Labute approximate surface area is 150 Å². The van der Waals surface area contributed by atoms with E-state index in [1.807, 2.05) is 12.3 Å². The van der Waals surface area contributed by atoms with Gasteiger partial charge in [0.05, 0.1) is 0 Å². The lowest BCUT2D eigenvalue weighted by molar-refractivity contribution is 0.371. The van der Waals surface area contributed by atoms with E-state index in [4.69, 9.17) is 4.98 Å². The Morgan fingerprint density at radius 2 is 2.00 bits per heavy atom. The highest BCUT2D eigenvalue weighted by atomic mass is 15.3. The predicted octanol–water partition coefficient (Wildman–Crippen LogP) is 3.58. The van der Waals surface area contributed by atoms with Gasteiger partial charge in [0.15, 0.2) is 0 Å². The zero-order chi connectivity index (χ0) is 17.1. The van der Waals surface area contributed by atoms with Crippen molar-refractivity contribution in [2.24, 2.45) is 0 Å². The van der Waals surface area contributed by atoms with E-state index in [1.165, 1.54) is 24.8 Å². The van der Waals surface area contributed by atoms with Gasteiger partial charge in [-0.15, -0.1) is 0 Å². The molecule has 0 spiro atoms. The van der Waals surface area contributed by atoms with Crippen molar-refractivity contribution in [1.82, 2.24) is 14.9 Å². The Morgan fingerprint density at radius 1 is 1.16 bits per heavy atom. The minimum Gasteiger partial charge on any atom is -0.355 e. The van der Waals surface area contributed by atoms with Crippen LogP contribution in [0.15, 0.2) is 48.7 Å². The van der Waals surface area contributed by atoms with Gasteiger partial charge < -0.3 is 4.90 Å². The monoisotopic (exact) mass is 334 g/mol. The van der Waals surface area contributed by atoms with E-state index in [-0.39, 0.29) is 0 Å². The minimum absolute atomic E-state index is 0.534. The number of benzene rings is 1. The Bertz CT molecular complexity index is 724. The highest BCUT2D eigenvalue weighted by Crippen LogP contribution is 2.38. The summed E-state index contributed by atoms with van der Waals surface area (Å²) in [6.07, 6.45) is 10.1. The molecule has 2 heterocycles. The first-order valence-electron chi connectivity index (χ1n) is 9.29. The molecule has 1 saturated heterocycles. The summed E-state index contributed by atoms with van der Waals surface area (Å²) in [5.41, 5.74) is 1.27. The van der Waals surface area contributed by atoms with Crippen LogP contribution in [0.25, 0.3) is 6.08 Å². The van der Waals surface area contributed by atoms with Crippen molar-refractivity contribution >= 4 is 11.9 Å². The van der Waals surface area contributed by atoms with Crippen LogP contribution >= 0.6 is 0 Å². The maximum atomic E-state index is 4.79.